The van der Waals surface area contributed by atoms with E-state index in [4.69, 9.17) is 4.74 Å². The smallest absolute Gasteiger partial charge is 0.416 e. The van der Waals surface area contributed by atoms with E-state index in [1.165, 1.54) is 6.07 Å². The van der Waals surface area contributed by atoms with E-state index in [-0.39, 0.29) is 12.5 Å². The molecule has 166 valence electrons. The maximum atomic E-state index is 13.7. The second-order valence-electron chi connectivity index (χ2n) is 8.48. The largest absolute Gasteiger partial charge is 0.489 e. The van der Waals surface area contributed by atoms with E-state index in [0.717, 1.165) is 42.1 Å². The fourth-order valence-corrected chi connectivity index (χ4v) is 4.71. The molecule has 1 aliphatic rings. The summed E-state index contributed by atoms with van der Waals surface area (Å²) in [5, 5.41) is 11.1. The predicted octanol–water partition coefficient (Wildman–Crippen LogP) is 7.11. The van der Waals surface area contributed by atoms with E-state index in [9.17, 15) is 18.3 Å². The van der Waals surface area contributed by atoms with Crippen LogP contribution in [0.5, 0.6) is 5.75 Å². The Balaban J connectivity index is 1.57. The summed E-state index contributed by atoms with van der Waals surface area (Å²) in [6, 6.07) is 10.3. The molecule has 4 rings (SSSR count). The highest BCUT2D eigenvalue weighted by molar-refractivity contribution is 5.85. The van der Waals surface area contributed by atoms with Crippen LogP contribution in [0.1, 0.15) is 73.4 Å². The molecule has 1 N–H and O–H groups in total. The van der Waals surface area contributed by atoms with Gasteiger partial charge in [0.25, 0.3) is 0 Å². The molecule has 1 aromatic heterocycles. The van der Waals surface area contributed by atoms with E-state index >= 15 is 0 Å². The molecule has 1 heterocycles. The molecule has 0 saturated heterocycles. The molecule has 1 atom stereocenters. The molecule has 1 aliphatic carbocycles. The van der Waals surface area contributed by atoms with Crippen LogP contribution in [0.25, 0.3) is 10.9 Å². The number of fused-ring (bicyclic) bond motifs is 1. The van der Waals surface area contributed by atoms with Gasteiger partial charge in [-0.15, -0.1) is 0 Å². The predicted molar refractivity (Wildman–Crippen MR) is 115 cm³/mol. The molecule has 3 aromatic rings. The molecule has 0 amide bonds. The first-order valence-electron chi connectivity index (χ1n) is 10.9. The molecule has 6 heteroatoms. The number of benzene rings is 2. The Morgan fingerprint density at radius 3 is 2.55 bits per heavy atom. The van der Waals surface area contributed by atoms with Gasteiger partial charge >= 0.3 is 6.18 Å². The van der Waals surface area contributed by atoms with Crippen molar-refractivity contribution in [1.82, 2.24) is 4.57 Å². The van der Waals surface area contributed by atoms with E-state index in [2.05, 4.69) is 0 Å². The molecule has 0 spiro atoms. The van der Waals surface area contributed by atoms with Crippen molar-refractivity contribution in [2.45, 2.75) is 70.9 Å². The number of rotatable bonds is 6. The average Bonchev–Trinajstić information content (AvgIpc) is 3.41. The van der Waals surface area contributed by atoms with Crippen LogP contribution in [0.4, 0.5) is 13.2 Å². The highest BCUT2D eigenvalue weighted by Gasteiger charge is 2.36. The Bertz CT molecular complexity index is 1060. The van der Waals surface area contributed by atoms with Gasteiger partial charge in [0, 0.05) is 11.6 Å². The lowest BCUT2D eigenvalue weighted by molar-refractivity contribution is -0.138. The van der Waals surface area contributed by atoms with E-state index in [1.807, 2.05) is 42.8 Å². The summed E-state index contributed by atoms with van der Waals surface area (Å²) < 4.78 is 48.8. The zero-order valence-electron chi connectivity index (χ0n) is 17.9. The summed E-state index contributed by atoms with van der Waals surface area (Å²) in [6.45, 7) is 3.92. The Hall–Kier alpha value is -2.47. The SMILES string of the molecule is CCC(O)n1ccc2cc(OCc3ccc(C4CCCC4)c(C(F)(F)F)c3)cc(C)c21. The fourth-order valence-electron chi connectivity index (χ4n) is 4.71. The number of hydrogen-bond donors (Lipinski definition) is 1. The lowest BCUT2D eigenvalue weighted by atomic mass is 9.91. The van der Waals surface area contributed by atoms with Gasteiger partial charge in [-0.1, -0.05) is 31.9 Å². The molecule has 2 aromatic carbocycles. The van der Waals surface area contributed by atoms with Crippen molar-refractivity contribution in [2.24, 2.45) is 0 Å². The van der Waals surface area contributed by atoms with Crippen molar-refractivity contribution in [2.75, 3.05) is 0 Å². The number of aliphatic hydroxyl groups excluding tert-OH is 1. The van der Waals surface area contributed by atoms with Crippen LogP contribution < -0.4 is 4.74 Å². The molecule has 0 bridgehead atoms. The van der Waals surface area contributed by atoms with Crippen molar-refractivity contribution in [3.63, 3.8) is 0 Å². The minimum atomic E-state index is -4.37. The van der Waals surface area contributed by atoms with Crippen LogP contribution in [0, 0.1) is 6.92 Å². The number of aliphatic hydroxyl groups is 1. The molecular formula is C25H28F3NO2. The fraction of sp³-hybridized carbons (Fsp3) is 0.440. The lowest BCUT2D eigenvalue weighted by Gasteiger charge is -2.19. The van der Waals surface area contributed by atoms with Gasteiger partial charge in [0.2, 0.25) is 0 Å². The number of alkyl halides is 3. The van der Waals surface area contributed by atoms with Gasteiger partial charge in [-0.05, 0) is 73.1 Å². The number of ether oxygens (including phenoxy) is 1. The Morgan fingerprint density at radius 1 is 1.13 bits per heavy atom. The van der Waals surface area contributed by atoms with Gasteiger partial charge in [0.15, 0.2) is 0 Å². The molecule has 0 radical (unpaired) electrons. The van der Waals surface area contributed by atoms with Crippen LogP contribution >= 0.6 is 0 Å². The van der Waals surface area contributed by atoms with Crippen LogP contribution in [0.3, 0.4) is 0 Å². The van der Waals surface area contributed by atoms with Crippen LogP contribution in [0.15, 0.2) is 42.6 Å². The van der Waals surface area contributed by atoms with Gasteiger partial charge in [-0.25, -0.2) is 0 Å². The number of nitrogens with zero attached hydrogens (tertiary/aromatic N) is 1. The van der Waals surface area contributed by atoms with Gasteiger partial charge in [-0.3, -0.25) is 0 Å². The van der Waals surface area contributed by atoms with Gasteiger partial charge in [0.05, 0.1) is 11.1 Å². The number of aromatic nitrogens is 1. The third-order valence-corrected chi connectivity index (χ3v) is 6.29. The highest BCUT2D eigenvalue weighted by atomic mass is 19.4. The van der Waals surface area contributed by atoms with Crippen molar-refractivity contribution in [1.29, 1.82) is 0 Å². The molecule has 1 fully saturated rings. The lowest BCUT2D eigenvalue weighted by Crippen LogP contribution is -2.12. The minimum absolute atomic E-state index is 0.000779. The van der Waals surface area contributed by atoms with Crippen LogP contribution in [0.2, 0.25) is 0 Å². The molecule has 3 nitrogen and oxygen atoms in total. The van der Waals surface area contributed by atoms with Gasteiger partial charge in [-0.2, -0.15) is 13.2 Å². The van der Waals surface area contributed by atoms with Gasteiger partial charge < -0.3 is 14.4 Å². The molecule has 1 saturated carbocycles. The van der Waals surface area contributed by atoms with Crippen molar-refractivity contribution in [3.8, 4) is 5.75 Å². The zero-order valence-corrected chi connectivity index (χ0v) is 17.9. The first kappa shape index (κ1) is 21.8. The summed E-state index contributed by atoms with van der Waals surface area (Å²) in [5.74, 6) is 0.598. The summed E-state index contributed by atoms with van der Waals surface area (Å²) in [7, 11) is 0. The number of hydrogen-bond acceptors (Lipinski definition) is 2. The number of halogens is 3. The standard InChI is InChI=1S/C25H28F3NO2/c1-3-23(30)29-11-10-19-14-20(12-16(2)24(19)29)31-15-17-8-9-21(18-6-4-5-7-18)22(13-17)25(26,27)28/h8-14,18,23,30H,3-7,15H2,1-2H3. The van der Waals surface area contributed by atoms with Crippen molar-refractivity contribution in [3.05, 3.63) is 64.8 Å². The zero-order chi connectivity index (χ0) is 22.2. The highest BCUT2D eigenvalue weighted by Crippen LogP contribution is 2.42. The maximum absolute atomic E-state index is 13.7. The van der Waals surface area contributed by atoms with Gasteiger partial charge in [0.1, 0.15) is 18.6 Å². The summed E-state index contributed by atoms with van der Waals surface area (Å²) in [6.07, 6.45) is 1.10. The Kier molecular flexibility index (Phi) is 6.02. The molecule has 31 heavy (non-hydrogen) atoms. The first-order valence-corrected chi connectivity index (χ1v) is 10.9. The summed E-state index contributed by atoms with van der Waals surface area (Å²) in [5.41, 5.74) is 2.27. The quantitative estimate of drug-likeness (QED) is 0.451. The molecule has 0 aliphatic heterocycles. The van der Waals surface area contributed by atoms with Crippen molar-refractivity contribution < 1.29 is 23.0 Å². The minimum Gasteiger partial charge on any atom is -0.489 e. The Morgan fingerprint density at radius 2 is 1.87 bits per heavy atom. The summed E-state index contributed by atoms with van der Waals surface area (Å²) >= 11 is 0. The third kappa shape index (κ3) is 4.45. The monoisotopic (exact) mass is 431 g/mol. The van der Waals surface area contributed by atoms with E-state index < -0.39 is 18.0 Å². The maximum Gasteiger partial charge on any atom is 0.416 e. The average molecular weight is 431 g/mol. The summed E-state index contributed by atoms with van der Waals surface area (Å²) in [4.78, 5) is 0. The van der Waals surface area contributed by atoms with E-state index in [1.54, 1.807) is 12.1 Å². The topological polar surface area (TPSA) is 34.4 Å². The van der Waals surface area contributed by atoms with Crippen LogP contribution in [-0.4, -0.2) is 9.67 Å². The molecular weight excluding hydrogens is 403 g/mol. The van der Waals surface area contributed by atoms with Crippen molar-refractivity contribution >= 4 is 10.9 Å². The molecule has 1 unspecified atom stereocenters. The normalized spacial score (nSPS) is 16.2. The second kappa shape index (κ2) is 8.58. The third-order valence-electron chi connectivity index (χ3n) is 6.29. The number of aryl methyl sites for hydroxylation is 1. The Labute approximate surface area is 180 Å². The second-order valence-corrected chi connectivity index (χ2v) is 8.48. The van der Waals surface area contributed by atoms with Crippen LogP contribution in [-0.2, 0) is 12.8 Å². The van der Waals surface area contributed by atoms with E-state index in [0.29, 0.717) is 23.3 Å². The first-order chi connectivity index (χ1) is 14.8.